The first-order chi connectivity index (χ1) is 7.72. The molecule has 3 heteroatoms. The topological polar surface area (TPSA) is 47.3 Å². The maximum absolute atomic E-state index is 5.99. The Kier molecular flexibility index (Phi) is 6.32. The number of hydrogen-bond acceptors (Lipinski definition) is 3. The van der Waals surface area contributed by atoms with Gasteiger partial charge in [0.2, 0.25) is 0 Å². The van der Waals surface area contributed by atoms with Crippen LogP contribution in [0.2, 0.25) is 0 Å². The van der Waals surface area contributed by atoms with Crippen LogP contribution in [0.1, 0.15) is 45.4 Å². The Balaban J connectivity index is 2.33. The fourth-order valence-electron chi connectivity index (χ4n) is 2.56. The summed E-state index contributed by atoms with van der Waals surface area (Å²) >= 11 is 0. The average molecular weight is 228 g/mol. The van der Waals surface area contributed by atoms with Crippen LogP contribution in [0.25, 0.3) is 0 Å². The van der Waals surface area contributed by atoms with E-state index in [1.807, 2.05) is 0 Å². The number of methoxy groups -OCH3 is 1. The van der Waals surface area contributed by atoms with E-state index in [1.54, 1.807) is 7.11 Å². The molecule has 1 aliphatic carbocycles. The highest BCUT2D eigenvalue weighted by atomic mass is 16.5. The molecule has 1 atom stereocenters. The Morgan fingerprint density at radius 1 is 1.25 bits per heavy atom. The van der Waals surface area contributed by atoms with Gasteiger partial charge in [-0.3, -0.25) is 0 Å². The van der Waals surface area contributed by atoms with Crippen molar-refractivity contribution >= 4 is 0 Å². The molecule has 1 saturated carbocycles. The zero-order valence-corrected chi connectivity index (χ0v) is 10.9. The number of hydrogen-bond donors (Lipinski definition) is 2. The van der Waals surface area contributed by atoms with Crippen LogP contribution < -0.4 is 11.1 Å². The van der Waals surface area contributed by atoms with Gasteiger partial charge in [-0.25, -0.2) is 0 Å². The van der Waals surface area contributed by atoms with Gasteiger partial charge in [-0.1, -0.05) is 25.7 Å². The number of nitrogens with two attached hydrogens (primary N) is 1. The van der Waals surface area contributed by atoms with Crippen molar-refractivity contribution in [2.75, 3.05) is 26.7 Å². The lowest BCUT2D eigenvalue weighted by atomic mass is 9.80. The third-order valence-corrected chi connectivity index (χ3v) is 3.93. The van der Waals surface area contributed by atoms with Crippen molar-refractivity contribution in [1.82, 2.24) is 5.32 Å². The summed E-state index contributed by atoms with van der Waals surface area (Å²) in [5.41, 5.74) is 6.34. The van der Waals surface area contributed by atoms with Gasteiger partial charge in [0.15, 0.2) is 0 Å². The van der Waals surface area contributed by atoms with Crippen LogP contribution in [0.5, 0.6) is 0 Å². The van der Waals surface area contributed by atoms with Crippen LogP contribution in [-0.2, 0) is 4.74 Å². The molecule has 3 nitrogen and oxygen atoms in total. The van der Waals surface area contributed by atoms with E-state index in [0.717, 1.165) is 19.6 Å². The molecule has 0 bridgehead atoms. The van der Waals surface area contributed by atoms with E-state index in [-0.39, 0.29) is 0 Å². The summed E-state index contributed by atoms with van der Waals surface area (Å²) in [7, 11) is 1.76. The smallest absolute Gasteiger partial charge is 0.0667 e. The van der Waals surface area contributed by atoms with Gasteiger partial charge >= 0.3 is 0 Å². The van der Waals surface area contributed by atoms with Crippen LogP contribution in [0.4, 0.5) is 0 Å². The number of nitrogens with one attached hydrogen (secondary N) is 1. The Morgan fingerprint density at radius 3 is 2.38 bits per heavy atom. The van der Waals surface area contributed by atoms with Crippen molar-refractivity contribution in [3.05, 3.63) is 0 Å². The van der Waals surface area contributed by atoms with E-state index in [4.69, 9.17) is 10.5 Å². The van der Waals surface area contributed by atoms with E-state index < -0.39 is 0 Å². The second-order valence-electron chi connectivity index (χ2n) is 5.30. The molecule has 0 amide bonds. The molecule has 1 rings (SSSR count). The van der Waals surface area contributed by atoms with Crippen molar-refractivity contribution in [3.8, 4) is 0 Å². The number of rotatable bonds is 6. The number of ether oxygens (including phenoxy) is 1. The van der Waals surface area contributed by atoms with E-state index in [9.17, 15) is 0 Å². The van der Waals surface area contributed by atoms with Gasteiger partial charge in [-0.2, -0.15) is 0 Å². The first-order valence-electron chi connectivity index (χ1n) is 6.66. The largest absolute Gasteiger partial charge is 0.380 e. The lowest BCUT2D eigenvalue weighted by Crippen LogP contribution is -2.42. The second-order valence-corrected chi connectivity index (χ2v) is 5.30. The van der Waals surface area contributed by atoms with Crippen LogP contribution >= 0.6 is 0 Å². The third kappa shape index (κ3) is 4.40. The van der Waals surface area contributed by atoms with Crippen molar-refractivity contribution < 1.29 is 4.74 Å². The first kappa shape index (κ1) is 13.9. The molecule has 3 N–H and O–H groups in total. The third-order valence-electron chi connectivity index (χ3n) is 3.93. The molecule has 0 spiro atoms. The molecule has 0 heterocycles. The Labute approximate surface area is 100 Å². The molecule has 0 aromatic rings. The quantitative estimate of drug-likeness (QED) is 0.683. The Bertz CT molecular complexity index is 177. The molecule has 0 aromatic carbocycles. The van der Waals surface area contributed by atoms with Gasteiger partial charge < -0.3 is 15.8 Å². The first-order valence-corrected chi connectivity index (χ1v) is 6.66. The zero-order valence-electron chi connectivity index (χ0n) is 10.9. The minimum atomic E-state index is 0.292. The predicted molar refractivity (Wildman–Crippen MR) is 68.5 cm³/mol. The predicted octanol–water partition coefficient (Wildman–Crippen LogP) is 1.91. The maximum atomic E-state index is 5.99. The van der Waals surface area contributed by atoms with Gasteiger partial charge in [0.05, 0.1) is 6.10 Å². The normalized spacial score (nSPS) is 22.7. The highest BCUT2D eigenvalue weighted by Gasteiger charge is 2.28. The molecule has 16 heavy (non-hydrogen) atoms. The summed E-state index contributed by atoms with van der Waals surface area (Å²) in [6.07, 6.45) is 8.33. The summed E-state index contributed by atoms with van der Waals surface area (Å²) in [4.78, 5) is 0. The summed E-state index contributed by atoms with van der Waals surface area (Å²) in [5.74, 6) is 0. The standard InChI is InChI=1S/C13H28N2O/c1-12(16-2)9-15-11-13(10-14)7-5-3-4-6-8-13/h12,15H,3-11,14H2,1-2H3. The Morgan fingerprint density at radius 2 is 1.88 bits per heavy atom. The lowest BCUT2D eigenvalue weighted by Gasteiger charge is -2.32. The Hall–Kier alpha value is -0.120. The summed E-state index contributed by atoms with van der Waals surface area (Å²) in [6.45, 7) is 4.89. The minimum absolute atomic E-state index is 0.292. The van der Waals surface area contributed by atoms with Crippen molar-refractivity contribution in [1.29, 1.82) is 0 Å². The maximum Gasteiger partial charge on any atom is 0.0667 e. The summed E-state index contributed by atoms with van der Waals surface area (Å²) in [5, 5.41) is 3.52. The van der Waals surface area contributed by atoms with E-state index in [0.29, 0.717) is 11.5 Å². The SMILES string of the molecule is COC(C)CNCC1(CN)CCCCCC1. The molecule has 0 aromatic heterocycles. The highest BCUT2D eigenvalue weighted by Crippen LogP contribution is 2.33. The van der Waals surface area contributed by atoms with Crippen molar-refractivity contribution in [2.45, 2.75) is 51.6 Å². The van der Waals surface area contributed by atoms with Crippen LogP contribution in [-0.4, -0.2) is 32.8 Å². The van der Waals surface area contributed by atoms with Gasteiger partial charge in [0.1, 0.15) is 0 Å². The van der Waals surface area contributed by atoms with E-state index in [2.05, 4.69) is 12.2 Å². The highest BCUT2D eigenvalue weighted by molar-refractivity contribution is 4.84. The van der Waals surface area contributed by atoms with E-state index in [1.165, 1.54) is 38.5 Å². The van der Waals surface area contributed by atoms with Crippen LogP contribution in [0.3, 0.4) is 0 Å². The molecular formula is C13H28N2O. The zero-order chi connectivity index (χ0) is 11.9. The van der Waals surface area contributed by atoms with Crippen molar-refractivity contribution in [3.63, 3.8) is 0 Å². The van der Waals surface area contributed by atoms with Gasteiger partial charge in [0, 0.05) is 20.2 Å². The monoisotopic (exact) mass is 228 g/mol. The van der Waals surface area contributed by atoms with Crippen molar-refractivity contribution in [2.24, 2.45) is 11.1 Å². The van der Waals surface area contributed by atoms with Crippen LogP contribution in [0, 0.1) is 5.41 Å². The van der Waals surface area contributed by atoms with E-state index >= 15 is 0 Å². The van der Waals surface area contributed by atoms with Gasteiger partial charge in [0.25, 0.3) is 0 Å². The summed E-state index contributed by atoms with van der Waals surface area (Å²) in [6, 6.07) is 0. The molecule has 1 fully saturated rings. The molecule has 1 unspecified atom stereocenters. The fourth-order valence-corrected chi connectivity index (χ4v) is 2.56. The molecule has 96 valence electrons. The molecule has 1 aliphatic rings. The molecule has 0 radical (unpaired) electrons. The van der Waals surface area contributed by atoms with Crippen LogP contribution in [0.15, 0.2) is 0 Å². The van der Waals surface area contributed by atoms with Gasteiger partial charge in [-0.15, -0.1) is 0 Å². The average Bonchev–Trinajstić information content (AvgIpc) is 2.55. The summed E-state index contributed by atoms with van der Waals surface area (Å²) < 4.78 is 5.24. The molecule has 0 aliphatic heterocycles. The second kappa shape index (κ2) is 7.25. The molecular weight excluding hydrogens is 200 g/mol. The lowest BCUT2D eigenvalue weighted by molar-refractivity contribution is 0.111. The minimum Gasteiger partial charge on any atom is -0.380 e. The molecule has 0 saturated heterocycles. The van der Waals surface area contributed by atoms with Gasteiger partial charge in [-0.05, 0) is 31.7 Å². The fraction of sp³-hybridized carbons (Fsp3) is 1.00.